The lowest BCUT2D eigenvalue weighted by atomic mass is 10.1. The van der Waals surface area contributed by atoms with Crippen LogP contribution in [0.4, 0.5) is 0 Å². The molecule has 1 atom stereocenters. The second kappa shape index (κ2) is 11.3. The summed E-state index contributed by atoms with van der Waals surface area (Å²) in [7, 11) is 0. The Bertz CT molecular complexity index is 780. The van der Waals surface area contributed by atoms with Gasteiger partial charge in [0.25, 0.3) is 0 Å². The number of rotatable bonds is 12. The van der Waals surface area contributed by atoms with Crippen LogP contribution in [-0.2, 0) is 21.8 Å². The number of amides is 2. The van der Waals surface area contributed by atoms with Gasteiger partial charge in [-0.3, -0.25) is 9.59 Å². The first kappa shape index (κ1) is 21.8. The van der Waals surface area contributed by atoms with Crippen molar-refractivity contribution in [3.8, 4) is 0 Å². The summed E-state index contributed by atoms with van der Waals surface area (Å²) < 4.78 is 5.31. The lowest BCUT2D eigenvalue weighted by Crippen LogP contribution is -2.54. The van der Waals surface area contributed by atoms with Crippen LogP contribution in [0.1, 0.15) is 43.4 Å². The van der Waals surface area contributed by atoms with Gasteiger partial charge in [-0.2, -0.15) is 0 Å². The molecule has 2 aromatic rings. The molecular weight excluding hydrogens is 408 g/mol. The lowest BCUT2D eigenvalue weighted by Gasteiger charge is -2.39. The summed E-state index contributed by atoms with van der Waals surface area (Å²) in [4.78, 5) is 25.6. The quantitative estimate of drug-likeness (QED) is 0.390. The first-order valence-electron chi connectivity index (χ1n) is 10.1. The highest BCUT2D eigenvalue weighted by atomic mass is 35.5. The van der Waals surface area contributed by atoms with Crippen LogP contribution in [0.2, 0.25) is 5.02 Å². The monoisotopic (exact) mass is 434 g/mol. The number of carbonyl (C=O) groups is 2. The van der Waals surface area contributed by atoms with Crippen LogP contribution in [0.3, 0.4) is 0 Å². The number of nitrogens with one attached hydrogen (secondary N) is 1. The Morgan fingerprint density at radius 3 is 2.69 bits per heavy atom. The van der Waals surface area contributed by atoms with Gasteiger partial charge >= 0.3 is 0 Å². The molecule has 29 heavy (non-hydrogen) atoms. The highest BCUT2D eigenvalue weighted by Crippen LogP contribution is 2.31. The van der Waals surface area contributed by atoms with Crippen LogP contribution >= 0.6 is 23.4 Å². The number of hydrogen-bond donors (Lipinski definition) is 1. The number of nitrogens with zero attached hydrogens (tertiary/aromatic N) is 1. The molecule has 1 aliphatic rings. The molecule has 2 amide bonds. The van der Waals surface area contributed by atoms with Gasteiger partial charge in [0.2, 0.25) is 11.8 Å². The number of unbranched alkanes of at least 4 members (excludes halogenated alkanes) is 3. The van der Waals surface area contributed by atoms with E-state index in [0.29, 0.717) is 18.7 Å². The Labute approximate surface area is 181 Å². The Kier molecular flexibility index (Phi) is 8.50. The molecule has 1 N–H and O–H groups in total. The van der Waals surface area contributed by atoms with E-state index in [2.05, 4.69) is 17.4 Å². The van der Waals surface area contributed by atoms with Gasteiger partial charge in [-0.15, -0.1) is 11.8 Å². The number of halogens is 1. The second-order valence-corrected chi connectivity index (χ2v) is 8.81. The first-order chi connectivity index (χ1) is 14.1. The molecule has 1 aromatic heterocycles. The van der Waals surface area contributed by atoms with E-state index in [-0.39, 0.29) is 23.7 Å². The maximum atomic E-state index is 12.1. The van der Waals surface area contributed by atoms with E-state index in [1.165, 1.54) is 5.56 Å². The van der Waals surface area contributed by atoms with Gasteiger partial charge in [0.1, 0.15) is 12.3 Å². The van der Waals surface area contributed by atoms with Crippen LogP contribution in [0.15, 0.2) is 47.1 Å². The van der Waals surface area contributed by atoms with E-state index in [0.717, 1.165) is 42.9 Å². The third kappa shape index (κ3) is 7.12. The highest BCUT2D eigenvalue weighted by Gasteiger charge is 2.37. The van der Waals surface area contributed by atoms with Gasteiger partial charge in [-0.25, -0.2) is 0 Å². The molecule has 1 saturated heterocycles. The zero-order valence-electron chi connectivity index (χ0n) is 16.4. The Hall–Kier alpha value is -1.92. The zero-order valence-corrected chi connectivity index (χ0v) is 18.0. The fraction of sp³-hybridized carbons (Fsp3) is 0.455. The maximum Gasteiger partial charge on any atom is 0.239 e. The third-order valence-corrected chi connectivity index (χ3v) is 6.47. The minimum atomic E-state index is -0.0807. The second-order valence-electron chi connectivity index (χ2n) is 7.21. The number of carbonyl (C=O) groups excluding carboxylic acids is 2. The summed E-state index contributed by atoms with van der Waals surface area (Å²) in [6.45, 7) is 0.803. The van der Waals surface area contributed by atoms with Crippen molar-refractivity contribution in [2.75, 3.05) is 13.1 Å². The zero-order chi connectivity index (χ0) is 20.5. The SMILES string of the molecule is O=C(CN1C(=O)CC1SCc1ccco1)NCCCCCCc1ccc(Cl)cc1. The highest BCUT2D eigenvalue weighted by molar-refractivity contribution is 7.99. The first-order valence-corrected chi connectivity index (χ1v) is 11.5. The predicted octanol–water partition coefficient (Wildman–Crippen LogP) is 4.64. The van der Waals surface area contributed by atoms with E-state index in [4.69, 9.17) is 16.0 Å². The normalized spacial score (nSPS) is 16.0. The summed E-state index contributed by atoms with van der Waals surface area (Å²) in [6, 6.07) is 11.8. The summed E-state index contributed by atoms with van der Waals surface area (Å²) in [6.07, 6.45) is 7.49. The summed E-state index contributed by atoms with van der Waals surface area (Å²) in [5, 5.41) is 3.76. The topological polar surface area (TPSA) is 62.6 Å². The van der Waals surface area contributed by atoms with Gasteiger partial charge in [0.05, 0.1) is 23.8 Å². The molecule has 0 bridgehead atoms. The molecule has 1 aromatic carbocycles. The molecule has 0 aliphatic carbocycles. The smallest absolute Gasteiger partial charge is 0.239 e. The van der Waals surface area contributed by atoms with Crippen LogP contribution in [0.25, 0.3) is 0 Å². The van der Waals surface area contributed by atoms with E-state index < -0.39 is 0 Å². The maximum absolute atomic E-state index is 12.1. The van der Waals surface area contributed by atoms with Crippen LogP contribution < -0.4 is 5.32 Å². The molecule has 5 nitrogen and oxygen atoms in total. The fourth-order valence-electron chi connectivity index (χ4n) is 3.23. The Morgan fingerprint density at radius 1 is 1.17 bits per heavy atom. The third-order valence-electron chi connectivity index (χ3n) is 4.96. The lowest BCUT2D eigenvalue weighted by molar-refractivity contribution is -0.145. The molecule has 1 fully saturated rings. The molecule has 1 aliphatic heterocycles. The summed E-state index contributed by atoms with van der Waals surface area (Å²) in [5.41, 5.74) is 1.31. The molecule has 3 rings (SSSR count). The van der Waals surface area contributed by atoms with Gasteiger partial charge in [-0.05, 0) is 49.1 Å². The number of hydrogen-bond acceptors (Lipinski definition) is 4. The molecule has 1 unspecified atom stereocenters. The average Bonchev–Trinajstić information content (AvgIpc) is 3.23. The van der Waals surface area contributed by atoms with Gasteiger partial charge in [0.15, 0.2) is 0 Å². The molecule has 7 heteroatoms. The minimum absolute atomic E-state index is 0.0410. The average molecular weight is 435 g/mol. The molecule has 0 saturated carbocycles. The molecule has 2 heterocycles. The molecule has 0 radical (unpaired) electrons. The van der Waals surface area contributed by atoms with Crippen molar-refractivity contribution < 1.29 is 14.0 Å². The molecule has 156 valence electrons. The minimum Gasteiger partial charge on any atom is -0.468 e. The standard InChI is InChI=1S/C22H27ClN2O3S/c23-18-10-8-17(9-11-18)6-3-1-2-4-12-24-20(26)15-25-21(27)14-22(25)29-16-19-7-5-13-28-19/h5,7-11,13,22H,1-4,6,12,14-16H2,(H,24,26). The van der Waals surface area contributed by atoms with E-state index in [1.54, 1.807) is 22.9 Å². The van der Waals surface area contributed by atoms with Gasteiger partial charge in [-0.1, -0.05) is 36.6 Å². The number of thioether (sulfide) groups is 1. The van der Waals surface area contributed by atoms with Crippen molar-refractivity contribution in [1.82, 2.24) is 10.2 Å². The fourth-order valence-corrected chi connectivity index (χ4v) is 4.51. The Balaban J connectivity index is 1.23. The number of furan rings is 1. The number of β-lactam (4-membered cyclic amide) rings is 1. The number of benzene rings is 1. The Morgan fingerprint density at radius 2 is 1.97 bits per heavy atom. The van der Waals surface area contributed by atoms with Crippen molar-refractivity contribution in [3.63, 3.8) is 0 Å². The van der Waals surface area contributed by atoms with Crippen LogP contribution in [0.5, 0.6) is 0 Å². The van der Waals surface area contributed by atoms with Crippen molar-refractivity contribution in [2.24, 2.45) is 0 Å². The van der Waals surface area contributed by atoms with E-state index >= 15 is 0 Å². The van der Waals surface area contributed by atoms with E-state index in [1.807, 2.05) is 24.3 Å². The summed E-state index contributed by atoms with van der Waals surface area (Å²) >= 11 is 7.53. The van der Waals surface area contributed by atoms with Crippen molar-refractivity contribution in [2.45, 2.75) is 49.7 Å². The van der Waals surface area contributed by atoms with Crippen molar-refractivity contribution in [1.29, 1.82) is 0 Å². The van der Waals surface area contributed by atoms with Gasteiger partial charge < -0.3 is 14.6 Å². The van der Waals surface area contributed by atoms with E-state index in [9.17, 15) is 9.59 Å². The molecule has 0 spiro atoms. The number of aryl methyl sites for hydroxylation is 1. The van der Waals surface area contributed by atoms with Crippen LogP contribution in [0, 0.1) is 0 Å². The number of likely N-dealkylation sites (tertiary alicyclic amines) is 1. The summed E-state index contributed by atoms with van der Waals surface area (Å²) in [5.74, 6) is 1.55. The van der Waals surface area contributed by atoms with Crippen LogP contribution in [-0.4, -0.2) is 35.2 Å². The predicted molar refractivity (Wildman–Crippen MR) is 117 cm³/mol. The molecular formula is C22H27ClN2O3S. The largest absolute Gasteiger partial charge is 0.468 e. The van der Waals surface area contributed by atoms with Gasteiger partial charge in [0, 0.05) is 11.6 Å². The van der Waals surface area contributed by atoms with Crippen molar-refractivity contribution in [3.05, 3.63) is 59.0 Å². The van der Waals surface area contributed by atoms with Crippen molar-refractivity contribution >= 4 is 35.2 Å².